The molecule has 0 aliphatic carbocycles. The predicted octanol–water partition coefficient (Wildman–Crippen LogP) is 4.13. The van der Waals surface area contributed by atoms with Crippen LogP contribution < -0.4 is 19.7 Å². The van der Waals surface area contributed by atoms with Crippen molar-refractivity contribution in [2.75, 3.05) is 31.7 Å². The van der Waals surface area contributed by atoms with Crippen molar-refractivity contribution in [2.45, 2.75) is 37.9 Å². The summed E-state index contributed by atoms with van der Waals surface area (Å²) in [6, 6.07) is 10.2. The second-order valence-electron chi connectivity index (χ2n) is 8.95. The fourth-order valence-electron chi connectivity index (χ4n) is 5.15. The lowest BCUT2D eigenvalue weighted by molar-refractivity contribution is -0.141. The first kappa shape index (κ1) is 24.8. The molecule has 1 saturated heterocycles. The summed E-state index contributed by atoms with van der Waals surface area (Å²) >= 11 is 0. The number of nitrogens with zero attached hydrogens (tertiary/aromatic N) is 4. The number of hydrogen-bond donors (Lipinski definition) is 1. The van der Waals surface area contributed by atoms with Crippen molar-refractivity contribution < 1.29 is 27.4 Å². The zero-order valence-corrected chi connectivity index (χ0v) is 20.4. The van der Waals surface area contributed by atoms with Crippen LogP contribution >= 0.6 is 0 Å². The minimum Gasteiger partial charge on any atom is -0.481 e. The first-order valence-corrected chi connectivity index (χ1v) is 12.0. The van der Waals surface area contributed by atoms with Gasteiger partial charge in [0, 0.05) is 25.4 Å². The van der Waals surface area contributed by atoms with Gasteiger partial charge in [-0.05, 0) is 49.6 Å². The number of aromatic nitrogens is 3. The normalized spacial score (nSPS) is 16.8. The average molecular weight is 514 g/mol. The molecule has 1 spiro atoms. The number of rotatable bonds is 5. The Labute approximate surface area is 211 Å². The monoisotopic (exact) mass is 513 g/mol. The van der Waals surface area contributed by atoms with E-state index in [1.54, 1.807) is 17.2 Å². The van der Waals surface area contributed by atoms with E-state index >= 15 is 0 Å². The van der Waals surface area contributed by atoms with Crippen LogP contribution in [0.1, 0.15) is 36.7 Å². The summed E-state index contributed by atoms with van der Waals surface area (Å²) in [5.41, 5.74) is 1.09. The second kappa shape index (κ2) is 9.53. The lowest BCUT2D eigenvalue weighted by Crippen LogP contribution is -2.55. The Morgan fingerprint density at radius 1 is 1.11 bits per heavy atom. The fourth-order valence-corrected chi connectivity index (χ4v) is 5.15. The Bertz CT molecular complexity index is 1320. The molecule has 0 atom stereocenters. The Kier molecular flexibility index (Phi) is 6.38. The molecule has 2 aliphatic heterocycles. The van der Waals surface area contributed by atoms with Gasteiger partial charge >= 0.3 is 6.18 Å². The Morgan fingerprint density at radius 3 is 2.59 bits per heavy atom. The van der Waals surface area contributed by atoms with E-state index in [2.05, 4.69) is 15.3 Å². The van der Waals surface area contributed by atoms with Crippen molar-refractivity contribution in [2.24, 2.45) is 0 Å². The molecule has 1 amide bonds. The number of anilines is 1. The number of fused-ring (bicyclic) bond motifs is 2. The summed E-state index contributed by atoms with van der Waals surface area (Å²) < 4.78 is 51.8. The number of carbonyl (C=O) groups excluding carboxylic acids is 1. The van der Waals surface area contributed by atoms with E-state index in [1.807, 2.05) is 25.1 Å². The number of hydrogen-bond acceptors (Lipinski definition) is 7. The van der Waals surface area contributed by atoms with Gasteiger partial charge in [0.2, 0.25) is 17.7 Å². The Balaban J connectivity index is 1.45. The van der Waals surface area contributed by atoms with Crippen LogP contribution in [0.4, 0.5) is 18.9 Å². The highest BCUT2D eigenvalue weighted by atomic mass is 19.4. The molecule has 0 unspecified atom stereocenters. The van der Waals surface area contributed by atoms with E-state index in [1.165, 1.54) is 19.2 Å². The Hall–Kier alpha value is -3.89. The first-order valence-electron chi connectivity index (χ1n) is 12.0. The van der Waals surface area contributed by atoms with Crippen LogP contribution in [-0.2, 0) is 22.9 Å². The van der Waals surface area contributed by atoms with Gasteiger partial charge < -0.3 is 19.7 Å². The largest absolute Gasteiger partial charge is 0.481 e. The number of alkyl halides is 3. The van der Waals surface area contributed by atoms with E-state index in [-0.39, 0.29) is 37.1 Å². The van der Waals surface area contributed by atoms with Crippen molar-refractivity contribution >= 4 is 11.6 Å². The van der Waals surface area contributed by atoms with E-state index in [4.69, 9.17) is 14.5 Å². The summed E-state index contributed by atoms with van der Waals surface area (Å²) in [7, 11) is 1.28. The van der Waals surface area contributed by atoms with Crippen LogP contribution in [0.2, 0.25) is 0 Å². The highest BCUT2D eigenvalue weighted by Gasteiger charge is 2.48. The van der Waals surface area contributed by atoms with Crippen LogP contribution in [0.25, 0.3) is 11.3 Å². The van der Waals surface area contributed by atoms with Crippen LogP contribution in [0, 0.1) is 0 Å². The maximum absolute atomic E-state index is 13.8. The zero-order chi connectivity index (χ0) is 26.2. The van der Waals surface area contributed by atoms with Gasteiger partial charge in [-0.15, -0.1) is 0 Å². The third-order valence-electron chi connectivity index (χ3n) is 6.95. The number of methoxy groups -OCH3 is 1. The van der Waals surface area contributed by atoms with E-state index < -0.39 is 17.3 Å². The summed E-state index contributed by atoms with van der Waals surface area (Å²) in [5, 5.41) is 2.95. The maximum atomic E-state index is 13.8. The number of pyridine rings is 3. The van der Waals surface area contributed by atoms with Crippen LogP contribution in [-0.4, -0.2) is 47.7 Å². The highest BCUT2D eigenvalue weighted by Crippen LogP contribution is 2.44. The summed E-state index contributed by atoms with van der Waals surface area (Å²) in [4.78, 5) is 27.6. The zero-order valence-electron chi connectivity index (χ0n) is 20.4. The van der Waals surface area contributed by atoms with E-state index in [0.29, 0.717) is 31.0 Å². The highest BCUT2D eigenvalue weighted by molar-refractivity contribution is 5.90. The molecule has 1 fully saturated rings. The average Bonchev–Trinajstić information content (AvgIpc) is 2.91. The van der Waals surface area contributed by atoms with Gasteiger partial charge in [0.15, 0.2) is 5.69 Å². The SMILES string of the molecule is CCOc1ncccc1-c1ccc2c(n1)CNC(=O)C21CCN(c2ccc(OC)nc2C(F)(F)F)CC1. The van der Waals surface area contributed by atoms with Crippen molar-refractivity contribution in [3.05, 3.63) is 59.5 Å². The van der Waals surface area contributed by atoms with Gasteiger partial charge in [0.25, 0.3) is 0 Å². The molecule has 11 heteroatoms. The minimum absolute atomic E-state index is 0.0203. The molecular weight excluding hydrogens is 487 g/mol. The molecule has 3 aromatic heterocycles. The molecule has 0 aromatic carbocycles. The first-order chi connectivity index (χ1) is 17.8. The quantitative estimate of drug-likeness (QED) is 0.549. The molecule has 3 aromatic rings. The topological polar surface area (TPSA) is 89.5 Å². The van der Waals surface area contributed by atoms with Gasteiger partial charge in [-0.25, -0.2) is 9.97 Å². The molecule has 37 heavy (non-hydrogen) atoms. The number of halogens is 3. The molecule has 0 saturated carbocycles. The van der Waals surface area contributed by atoms with Crippen LogP contribution in [0.5, 0.6) is 11.8 Å². The second-order valence-corrected chi connectivity index (χ2v) is 8.95. The van der Waals surface area contributed by atoms with Gasteiger partial charge in [0.05, 0.1) is 48.3 Å². The molecule has 8 nitrogen and oxygen atoms in total. The molecule has 5 heterocycles. The number of ether oxygens (including phenoxy) is 2. The molecule has 0 radical (unpaired) electrons. The third kappa shape index (κ3) is 4.42. The summed E-state index contributed by atoms with van der Waals surface area (Å²) in [6.07, 6.45) is -2.31. The van der Waals surface area contributed by atoms with E-state index in [0.717, 1.165) is 16.8 Å². The van der Waals surface area contributed by atoms with Crippen molar-refractivity contribution in [3.63, 3.8) is 0 Å². The number of amides is 1. The van der Waals surface area contributed by atoms with Crippen LogP contribution in [0.3, 0.4) is 0 Å². The molecule has 194 valence electrons. The number of carbonyl (C=O) groups is 1. The Morgan fingerprint density at radius 2 is 1.89 bits per heavy atom. The molecule has 0 bridgehead atoms. The van der Waals surface area contributed by atoms with Gasteiger partial charge in [-0.3, -0.25) is 9.78 Å². The fraction of sp³-hybridized carbons (Fsp3) is 0.385. The van der Waals surface area contributed by atoms with Gasteiger partial charge in [-0.2, -0.15) is 13.2 Å². The standard InChI is InChI=1S/C26H26F3N5O3/c1-3-37-23-16(5-4-12-30-23)18-7-6-17-19(32-18)15-31-24(35)25(17)10-13-34(14-11-25)20-8-9-21(36-2)33-22(20)26(27,28)29/h4-9,12H,3,10-11,13-15H2,1-2H3,(H,31,35). The predicted molar refractivity (Wildman–Crippen MR) is 129 cm³/mol. The lowest BCUT2D eigenvalue weighted by atomic mass is 9.69. The van der Waals surface area contributed by atoms with Crippen molar-refractivity contribution in [1.29, 1.82) is 0 Å². The minimum atomic E-state index is -4.64. The van der Waals surface area contributed by atoms with Crippen molar-refractivity contribution in [1.82, 2.24) is 20.3 Å². The van der Waals surface area contributed by atoms with Crippen LogP contribution in [0.15, 0.2) is 42.6 Å². The summed E-state index contributed by atoms with van der Waals surface area (Å²) in [6.45, 7) is 3.12. The molecular formula is C26H26F3N5O3. The van der Waals surface area contributed by atoms with Crippen molar-refractivity contribution in [3.8, 4) is 23.0 Å². The van der Waals surface area contributed by atoms with E-state index in [9.17, 15) is 18.0 Å². The smallest absolute Gasteiger partial charge is 0.435 e. The molecule has 1 N–H and O–H groups in total. The molecule has 2 aliphatic rings. The third-order valence-corrected chi connectivity index (χ3v) is 6.95. The lowest BCUT2D eigenvalue weighted by Gasteiger charge is -2.44. The summed E-state index contributed by atoms with van der Waals surface area (Å²) in [5.74, 6) is 0.247. The molecule has 5 rings (SSSR count). The van der Waals surface area contributed by atoms with Gasteiger partial charge in [0.1, 0.15) is 0 Å². The maximum Gasteiger partial charge on any atom is 0.435 e. The number of nitrogens with one attached hydrogen (secondary N) is 1. The number of piperidine rings is 1. The van der Waals surface area contributed by atoms with Gasteiger partial charge in [-0.1, -0.05) is 6.07 Å².